The zero-order valence-electron chi connectivity index (χ0n) is 15.6. The van der Waals surface area contributed by atoms with E-state index in [0.717, 1.165) is 6.07 Å². The first-order valence-corrected chi connectivity index (χ1v) is 10.1. The van der Waals surface area contributed by atoms with Gasteiger partial charge in [-0.1, -0.05) is 6.07 Å². The minimum Gasteiger partial charge on any atom is -0.350 e. The summed E-state index contributed by atoms with van der Waals surface area (Å²) in [5.41, 5.74) is 0.483. The van der Waals surface area contributed by atoms with Gasteiger partial charge < -0.3 is 10.2 Å². The second-order valence-corrected chi connectivity index (χ2v) is 8.67. The molecule has 1 heterocycles. The lowest BCUT2D eigenvalue weighted by molar-refractivity contribution is -0.384. The number of hydrogen-bond acceptors (Lipinski definition) is 6. The molecule has 0 spiro atoms. The number of nitrogens with one attached hydrogen (secondary N) is 1. The molecule has 1 aliphatic heterocycles. The van der Waals surface area contributed by atoms with Crippen molar-refractivity contribution in [1.82, 2.24) is 9.21 Å². The summed E-state index contributed by atoms with van der Waals surface area (Å²) >= 11 is 0. The van der Waals surface area contributed by atoms with E-state index < -0.39 is 26.5 Å². The Morgan fingerprint density at radius 1 is 1.11 bits per heavy atom. The second-order valence-electron chi connectivity index (χ2n) is 6.73. The van der Waals surface area contributed by atoms with Gasteiger partial charge in [-0.3, -0.25) is 10.1 Å². The van der Waals surface area contributed by atoms with Gasteiger partial charge in [-0.2, -0.15) is 4.31 Å². The first kappa shape index (κ1) is 20.2. The van der Waals surface area contributed by atoms with E-state index in [1.807, 2.05) is 11.9 Å². The van der Waals surface area contributed by atoms with Crippen molar-refractivity contribution < 1.29 is 17.7 Å². The van der Waals surface area contributed by atoms with E-state index in [9.17, 15) is 22.9 Å². The summed E-state index contributed by atoms with van der Waals surface area (Å²) in [5, 5.41) is 14.3. The third kappa shape index (κ3) is 4.13. The molecule has 0 bridgehead atoms. The normalized spacial score (nSPS) is 16.1. The number of piperazine rings is 1. The van der Waals surface area contributed by atoms with Crippen LogP contribution in [0, 0.1) is 22.9 Å². The zero-order valence-corrected chi connectivity index (χ0v) is 16.4. The van der Waals surface area contributed by atoms with Crippen LogP contribution in [-0.4, -0.2) is 55.8 Å². The average Bonchev–Trinajstić information content (AvgIpc) is 2.65. The highest BCUT2D eigenvalue weighted by Gasteiger charge is 2.29. The molecule has 1 fully saturated rings. The molecule has 0 unspecified atom stereocenters. The molecule has 0 atom stereocenters. The summed E-state index contributed by atoms with van der Waals surface area (Å²) in [5.74, 6) is -0.443. The van der Waals surface area contributed by atoms with Crippen molar-refractivity contribution in [2.24, 2.45) is 0 Å². The van der Waals surface area contributed by atoms with E-state index in [1.165, 1.54) is 22.5 Å². The van der Waals surface area contributed by atoms with Gasteiger partial charge in [-0.25, -0.2) is 12.8 Å². The number of aryl methyl sites for hydroxylation is 1. The smallest absolute Gasteiger partial charge is 0.294 e. The number of benzene rings is 2. The molecule has 8 nitrogen and oxygen atoms in total. The highest BCUT2D eigenvalue weighted by Crippen LogP contribution is 2.32. The molecule has 3 rings (SSSR count). The SMILES string of the molecule is Cc1ccc(Nc2ccc(S(=O)(=O)N3CCN(C)CC3)cc2[N+](=O)[O-])cc1F. The molecular weight excluding hydrogens is 387 g/mol. The number of nitro benzene ring substituents is 1. The number of hydrogen-bond donors (Lipinski definition) is 1. The first-order valence-electron chi connectivity index (χ1n) is 8.69. The Morgan fingerprint density at radius 3 is 2.39 bits per heavy atom. The third-order valence-electron chi connectivity index (χ3n) is 4.72. The van der Waals surface area contributed by atoms with Gasteiger partial charge >= 0.3 is 0 Å². The molecule has 0 saturated carbocycles. The Morgan fingerprint density at radius 2 is 1.79 bits per heavy atom. The Kier molecular flexibility index (Phi) is 5.64. The minimum atomic E-state index is -3.83. The Bertz CT molecular complexity index is 1000. The van der Waals surface area contributed by atoms with Crippen LogP contribution in [0.4, 0.5) is 21.5 Å². The molecular formula is C18H21FN4O4S. The Hall–Kier alpha value is -2.56. The van der Waals surface area contributed by atoms with Crippen molar-refractivity contribution in [1.29, 1.82) is 0 Å². The molecule has 10 heteroatoms. The van der Waals surface area contributed by atoms with Gasteiger partial charge in [0.15, 0.2) is 0 Å². The maximum Gasteiger partial charge on any atom is 0.294 e. The van der Waals surface area contributed by atoms with Crippen LogP contribution in [0.2, 0.25) is 0 Å². The Labute approximate surface area is 162 Å². The van der Waals surface area contributed by atoms with Crippen LogP contribution in [-0.2, 0) is 10.0 Å². The van der Waals surface area contributed by atoms with Gasteiger partial charge in [0.2, 0.25) is 10.0 Å². The quantitative estimate of drug-likeness (QED) is 0.604. The topological polar surface area (TPSA) is 95.8 Å². The number of rotatable bonds is 5. The fraction of sp³-hybridized carbons (Fsp3) is 0.333. The van der Waals surface area contributed by atoms with E-state index in [-0.39, 0.29) is 10.6 Å². The fourth-order valence-electron chi connectivity index (χ4n) is 2.93. The zero-order chi connectivity index (χ0) is 20.5. The summed E-state index contributed by atoms with van der Waals surface area (Å²) in [6.07, 6.45) is 0. The first-order chi connectivity index (χ1) is 13.2. The molecule has 1 N–H and O–H groups in total. The Balaban J connectivity index is 1.92. The molecule has 0 aliphatic carbocycles. The molecule has 150 valence electrons. The van der Waals surface area contributed by atoms with Crippen LogP contribution in [0.15, 0.2) is 41.3 Å². The van der Waals surface area contributed by atoms with Gasteiger partial charge in [0, 0.05) is 37.9 Å². The van der Waals surface area contributed by atoms with E-state index >= 15 is 0 Å². The maximum atomic E-state index is 13.7. The standard InChI is InChI=1S/C18H21FN4O4S/c1-13-3-4-14(11-16(13)19)20-17-6-5-15(12-18(17)23(24)25)28(26,27)22-9-7-21(2)8-10-22/h3-6,11-12,20H,7-10H2,1-2H3. The summed E-state index contributed by atoms with van der Waals surface area (Å²) in [6, 6.07) is 8.08. The minimum absolute atomic E-state index is 0.0885. The van der Waals surface area contributed by atoms with E-state index in [0.29, 0.717) is 37.4 Å². The average molecular weight is 408 g/mol. The largest absolute Gasteiger partial charge is 0.350 e. The lowest BCUT2D eigenvalue weighted by Crippen LogP contribution is -2.47. The number of halogens is 1. The molecule has 1 aliphatic rings. The third-order valence-corrected chi connectivity index (χ3v) is 6.61. The van der Waals surface area contributed by atoms with Crippen LogP contribution in [0.25, 0.3) is 0 Å². The lowest BCUT2D eigenvalue weighted by atomic mass is 10.2. The number of sulfonamides is 1. The van der Waals surface area contributed by atoms with Crippen molar-refractivity contribution in [3.05, 3.63) is 57.9 Å². The van der Waals surface area contributed by atoms with Gasteiger partial charge in [-0.05, 0) is 43.8 Å². The van der Waals surface area contributed by atoms with E-state index in [2.05, 4.69) is 5.32 Å². The molecule has 1 saturated heterocycles. The number of nitro groups is 1. The summed E-state index contributed by atoms with van der Waals surface area (Å²) in [6.45, 7) is 3.46. The maximum absolute atomic E-state index is 13.7. The van der Waals surface area contributed by atoms with Crippen molar-refractivity contribution in [3.8, 4) is 0 Å². The van der Waals surface area contributed by atoms with Crippen LogP contribution >= 0.6 is 0 Å². The van der Waals surface area contributed by atoms with E-state index in [4.69, 9.17) is 0 Å². The molecule has 2 aromatic rings. The van der Waals surface area contributed by atoms with Gasteiger partial charge in [0.1, 0.15) is 11.5 Å². The highest BCUT2D eigenvalue weighted by molar-refractivity contribution is 7.89. The fourth-order valence-corrected chi connectivity index (χ4v) is 4.38. The molecule has 2 aromatic carbocycles. The predicted molar refractivity (Wildman–Crippen MR) is 104 cm³/mol. The lowest BCUT2D eigenvalue weighted by Gasteiger charge is -2.31. The van der Waals surface area contributed by atoms with E-state index in [1.54, 1.807) is 19.1 Å². The number of nitrogens with zero attached hydrogens (tertiary/aromatic N) is 3. The van der Waals surface area contributed by atoms with Crippen molar-refractivity contribution in [2.75, 3.05) is 38.5 Å². The number of anilines is 2. The molecule has 28 heavy (non-hydrogen) atoms. The van der Waals surface area contributed by atoms with Crippen molar-refractivity contribution in [3.63, 3.8) is 0 Å². The number of likely N-dealkylation sites (N-methyl/N-ethyl adjacent to an activating group) is 1. The van der Waals surface area contributed by atoms with Crippen molar-refractivity contribution >= 4 is 27.1 Å². The van der Waals surface area contributed by atoms with Crippen LogP contribution in [0.5, 0.6) is 0 Å². The summed E-state index contributed by atoms with van der Waals surface area (Å²) in [4.78, 5) is 12.7. The predicted octanol–water partition coefficient (Wildman–Crippen LogP) is 2.72. The molecule has 0 amide bonds. The molecule has 0 radical (unpaired) electrons. The van der Waals surface area contributed by atoms with Gasteiger partial charge in [0.05, 0.1) is 9.82 Å². The van der Waals surface area contributed by atoms with Crippen LogP contribution < -0.4 is 5.32 Å². The van der Waals surface area contributed by atoms with Crippen molar-refractivity contribution in [2.45, 2.75) is 11.8 Å². The highest BCUT2D eigenvalue weighted by atomic mass is 32.2. The van der Waals surface area contributed by atoms with Crippen LogP contribution in [0.1, 0.15) is 5.56 Å². The molecule has 0 aromatic heterocycles. The second kappa shape index (κ2) is 7.82. The summed E-state index contributed by atoms with van der Waals surface area (Å²) < 4.78 is 40.7. The van der Waals surface area contributed by atoms with Gasteiger partial charge in [0.25, 0.3) is 5.69 Å². The van der Waals surface area contributed by atoms with Gasteiger partial charge in [-0.15, -0.1) is 0 Å². The summed E-state index contributed by atoms with van der Waals surface area (Å²) in [7, 11) is -1.92. The van der Waals surface area contributed by atoms with Crippen LogP contribution in [0.3, 0.4) is 0 Å². The monoisotopic (exact) mass is 408 g/mol.